The molecule has 0 saturated carbocycles. The molecule has 2 N–H and O–H groups in total. The van der Waals surface area contributed by atoms with Gasteiger partial charge in [0.05, 0.1) is 0 Å². The van der Waals surface area contributed by atoms with Crippen molar-refractivity contribution in [1.29, 1.82) is 0 Å². The van der Waals surface area contributed by atoms with Gasteiger partial charge < -0.3 is 10.4 Å². The monoisotopic (exact) mass is 189 g/mol. The number of hydrogen-bond acceptors (Lipinski definition) is 3. The second kappa shape index (κ2) is 4.72. The van der Waals surface area contributed by atoms with Gasteiger partial charge in [-0.1, -0.05) is 0 Å². The van der Waals surface area contributed by atoms with Gasteiger partial charge in [0.15, 0.2) is 0 Å². The number of carbonyl (C=O) groups is 1. The topological polar surface area (TPSA) is 49.3 Å². The highest BCUT2D eigenvalue weighted by atomic mass is 32.2. The summed E-state index contributed by atoms with van der Waals surface area (Å²) in [6.45, 7) is 2.51. The molecule has 1 aliphatic heterocycles. The van der Waals surface area contributed by atoms with E-state index in [1.54, 1.807) is 6.92 Å². The first-order valence-corrected chi connectivity index (χ1v) is 5.33. The molecule has 0 aliphatic carbocycles. The molecule has 1 heterocycles. The van der Waals surface area contributed by atoms with Crippen molar-refractivity contribution in [3.05, 3.63) is 0 Å². The molecule has 0 bridgehead atoms. The number of thioether (sulfide) groups is 1. The molecular weight excluding hydrogens is 174 g/mol. The summed E-state index contributed by atoms with van der Waals surface area (Å²) in [7, 11) is 0. The zero-order valence-electron chi connectivity index (χ0n) is 7.25. The molecule has 0 spiro atoms. The van der Waals surface area contributed by atoms with Crippen LogP contribution < -0.4 is 5.32 Å². The number of carboxylic acid groups (broad SMARTS) is 1. The lowest BCUT2D eigenvalue weighted by atomic mass is 10.2. The van der Waals surface area contributed by atoms with Crippen molar-refractivity contribution in [3.63, 3.8) is 0 Å². The zero-order valence-corrected chi connectivity index (χ0v) is 8.06. The molecule has 0 aromatic carbocycles. The third kappa shape index (κ3) is 3.03. The average molecular weight is 189 g/mol. The van der Waals surface area contributed by atoms with Crippen LogP contribution in [0.5, 0.6) is 0 Å². The molecule has 3 nitrogen and oxygen atoms in total. The van der Waals surface area contributed by atoms with Gasteiger partial charge in [0.2, 0.25) is 0 Å². The van der Waals surface area contributed by atoms with Crippen molar-refractivity contribution in [2.45, 2.75) is 31.1 Å². The number of hydrogen-bond donors (Lipinski definition) is 2. The highest BCUT2D eigenvalue weighted by molar-refractivity contribution is 8.00. The smallest absolute Gasteiger partial charge is 0.320 e. The van der Waals surface area contributed by atoms with Crippen LogP contribution in [-0.2, 0) is 4.79 Å². The predicted molar refractivity (Wildman–Crippen MR) is 50.6 cm³/mol. The Kier molecular flexibility index (Phi) is 3.88. The van der Waals surface area contributed by atoms with Gasteiger partial charge in [-0.2, -0.15) is 11.8 Å². The summed E-state index contributed by atoms with van der Waals surface area (Å²) in [5.41, 5.74) is 0. The van der Waals surface area contributed by atoms with E-state index < -0.39 is 12.0 Å². The van der Waals surface area contributed by atoms with Crippen molar-refractivity contribution in [3.8, 4) is 0 Å². The fourth-order valence-electron chi connectivity index (χ4n) is 1.20. The Morgan fingerprint density at radius 1 is 1.83 bits per heavy atom. The van der Waals surface area contributed by atoms with E-state index in [-0.39, 0.29) is 0 Å². The molecule has 0 aromatic rings. The maximum atomic E-state index is 10.4. The Bertz CT molecular complexity index is 157. The van der Waals surface area contributed by atoms with Gasteiger partial charge in [-0.05, 0) is 25.5 Å². The minimum absolute atomic E-state index is 0.411. The van der Waals surface area contributed by atoms with Crippen LogP contribution in [0.2, 0.25) is 0 Å². The van der Waals surface area contributed by atoms with Crippen LogP contribution >= 0.6 is 11.8 Å². The maximum absolute atomic E-state index is 10.4. The van der Waals surface area contributed by atoms with Gasteiger partial charge >= 0.3 is 5.97 Å². The van der Waals surface area contributed by atoms with E-state index >= 15 is 0 Å². The van der Waals surface area contributed by atoms with E-state index in [0.29, 0.717) is 5.25 Å². The molecule has 70 valence electrons. The lowest BCUT2D eigenvalue weighted by molar-refractivity contribution is -0.138. The van der Waals surface area contributed by atoms with Crippen LogP contribution in [0.1, 0.15) is 19.8 Å². The molecular formula is C8H15NO2S. The van der Waals surface area contributed by atoms with Gasteiger partial charge in [0.25, 0.3) is 0 Å². The maximum Gasteiger partial charge on any atom is 0.320 e. The Hall–Kier alpha value is -0.220. The lowest BCUT2D eigenvalue weighted by Gasteiger charge is -2.12. The SMILES string of the molecule is CC(NCC1CCCS1)C(=O)O. The van der Waals surface area contributed by atoms with Gasteiger partial charge in [0.1, 0.15) is 6.04 Å². The fraction of sp³-hybridized carbons (Fsp3) is 0.875. The lowest BCUT2D eigenvalue weighted by Crippen LogP contribution is -2.37. The molecule has 0 radical (unpaired) electrons. The van der Waals surface area contributed by atoms with Gasteiger partial charge in [-0.3, -0.25) is 4.79 Å². The van der Waals surface area contributed by atoms with Crippen LogP contribution in [0.25, 0.3) is 0 Å². The summed E-state index contributed by atoms with van der Waals surface area (Å²) < 4.78 is 0. The van der Waals surface area contributed by atoms with E-state index in [4.69, 9.17) is 5.11 Å². The van der Waals surface area contributed by atoms with Crippen molar-refractivity contribution in [1.82, 2.24) is 5.32 Å². The van der Waals surface area contributed by atoms with Gasteiger partial charge in [-0.15, -0.1) is 0 Å². The molecule has 2 unspecified atom stereocenters. The standard InChI is InChI=1S/C8H15NO2S/c1-6(8(10)11)9-5-7-3-2-4-12-7/h6-7,9H,2-5H2,1H3,(H,10,11). The van der Waals surface area contributed by atoms with E-state index in [1.807, 2.05) is 11.8 Å². The van der Waals surface area contributed by atoms with Crippen LogP contribution in [0, 0.1) is 0 Å². The molecule has 4 heteroatoms. The summed E-state index contributed by atoms with van der Waals surface area (Å²) in [5.74, 6) is 0.464. The minimum Gasteiger partial charge on any atom is -0.480 e. The number of rotatable bonds is 4. The Balaban J connectivity index is 2.11. The minimum atomic E-state index is -0.766. The molecule has 1 aliphatic rings. The van der Waals surface area contributed by atoms with E-state index in [9.17, 15) is 4.79 Å². The first-order chi connectivity index (χ1) is 5.70. The summed E-state index contributed by atoms with van der Waals surface area (Å²) in [5, 5.41) is 12.2. The summed E-state index contributed by atoms with van der Waals surface area (Å²) in [6, 6.07) is -0.411. The molecule has 1 rings (SSSR count). The molecule has 0 amide bonds. The van der Waals surface area contributed by atoms with Crippen molar-refractivity contribution in [2.75, 3.05) is 12.3 Å². The Labute approximate surface area is 76.9 Å². The second-order valence-electron chi connectivity index (χ2n) is 3.10. The molecule has 2 atom stereocenters. The van der Waals surface area contributed by atoms with Crippen molar-refractivity contribution >= 4 is 17.7 Å². The van der Waals surface area contributed by atoms with Gasteiger partial charge in [0, 0.05) is 11.8 Å². The third-order valence-corrected chi connectivity index (χ3v) is 3.44. The number of aliphatic carboxylic acids is 1. The van der Waals surface area contributed by atoms with Crippen molar-refractivity contribution in [2.24, 2.45) is 0 Å². The first kappa shape index (κ1) is 9.86. The van der Waals surface area contributed by atoms with Crippen LogP contribution in [-0.4, -0.2) is 34.7 Å². The van der Waals surface area contributed by atoms with Crippen molar-refractivity contribution < 1.29 is 9.90 Å². The van der Waals surface area contributed by atoms with E-state index in [2.05, 4.69) is 5.32 Å². The number of nitrogens with one attached hydrogen (secondary N) is 1. The average Bonchev–Trinajstić information content (AvgIpc) is 2.51. The molecule has 0 aromatic heterocycles. The van der Waals surface area contributed by atoms with Crippen LogP contribution in [0.3, 0.4) is 0 Å². The van der Waals surface area contributed by atoms with Gasteiger partial charge in [-0.25, -0.2) is 0 Å². The molecule has 12 heavy (non-hydrogen) atoms. The summed E-state index contributed by atoms with van der Waals surface area (Å²) in [4.78, 5) is 10.4. The first-order valence-electron chi connectivity index (χ1n) is 4.28. The Morgan fingerprint density at radius 3 is 3.08 bits per heavy atom. The third-order valence-electron chi connectivity index (χ3n) is 2.05. The normalized spacial score (nSPS) is 25.6. The fourth-order valence-corrected chi connectivity index (χ4v) is 2.41. The van der Waals surface area contributed by atoms with Crippen LogP contribution in [0.15, 0.2) is 0 Å². The summed E-state index contributed by atoms with van der Waals surface area (Å²) >= 11 is 1.94. The predicted octanol–water partition coefficient (Wildman–Crippen LogP) is 0.945. The van der Waals surface area contributed by atoms with E-state index in [1.165, 1.54) is 18.6 Å². The highest BCUT2D eigenvalue weighted by Gasteiger charge is 2.17. The highest BCUT2D eigenvalue weighted by Crippen LogP contribution is 2.25. The quantitative estimate of drug-likeness (QED) is 0.691. The van der Waals surface area contributed by atoms with Crippen LogP contribution in [0.4, 0.5) is 0 Å². The zero-order chi connectivity index (χ0) is 8.97. The summed E-state index contributed by atoms with van der Waals surface area (Å²) in [6.07, 6.45) is 2.50. The second-order valence-corrected chi connectivity index (χ2v) is 4.51. The molecule has 1 fully saturated rings. The largest absolute Gasteiger partial charge is 0.480 e. The molecule has 1 saturated heterocycles. The van der Waals surface area contributed by atoms with E-state index in [0.717, 1.165) is 6.54 Å². The number of carboxylic acids is 1. The Morgan fingerprint density at radius 2 is 2.58 bits per heavy atom.